The Bertz CT molecular complexity index is 1370. The molecular weight excluding hydrogens is 458 g/mol. The normalized spacial score (nSPS) is 15.0. The maximum Gasteiger partial charge on any atom is 0.121 e. The number of nitrogens with zero attached hydrogens (tertiary/aromatic N) is 4. The highest BCUT2D eigenvalue weighted by atomic mass is 15.2. The molecule has 7 heteroatoms. The van der Waals surface area contributed by atoms with Crippen molar-refractivity contribution < 1.29 is 0 Å². The van der Waals surface area contributed by atoms with Crippen LogP contribution in [0.1, 0.15) is 60.2 Å². The first kappa shape index (κ1) is 24.9. The van der Waals surface area contributed by atoms with Gasteiger partial charge in [-0.3, -0.25) is 9.88 Å². The van der Waals surface area contributed by atoms with Gasteiger partial charge in [0.15, 0.2) is 0 Å². The lowest BCUT2D eigenvalue weighted by atomic mass is 9.90. The monoisotopic (exact) mass is 493 g/mol. The molecule has 0 fully saturated rings. The first-order valence-corrected chi connectivity index (χ1v) is 12.7. The molecule has 37 heavy (non-hydrogen) atoms. The van der Waals surface area contributed by atoms with Gasteiger partial charge in [-0.1, -0.05) is 49.9 Å². The lowest BCUT2D eigenvalue weighted by molar-refractivity contribution is 0.153. The second-order valence-corrected chi connectivity index (χ2v) is 9.56. The zero-order chi connectivity index (χ0) is 24.2. The summed E-state index contributed by atoms with van der Waals surface area (Å²) in [5.41, 5.74) is 8.36. The molecule has 0 saturated heterocycles. The Balaban J connectivity index is 0.00000280. The molecule has 1 atom stereocenters. The van der Waals surface area contributed by atoms with Crippen molar-refractivity contribution in [2.75, 3.05) is 0 Å². The predicted octanol–water partition coefficient (Wildman–Crippen LogP) is 5.69. The summed E-state index contributed by atoms with van der Waals surface area (Å²) < 4.78 is 0. The summed E-state index contributed by atoms with van der Waals surface area (Å²) >= 11 is 0. The molecule has 2 aromatic carbocycles. The predicted molar refractivity (Wildman–Crippen MR) is 148 cm³/mol. The molecule has 6 rings (SSSR count). The van der Waals surface area contributed by atoms with Crippen molar-refractivity contribution in [2.45, 2.75) is 58.9 Å². The molecule has 0 amide bonds. The van der Waals surface area contributed by atoms with Crippen LogP contribution in [-0.4, -0.2) is 29.8 Å². The van der Waals surface area contributed by atoms with E-state index in [-0.39, 0.29) is 13.5 Å². The molecule has 1 unspecified atom stereocenters. The van der Waals surface area contributed by atoms with E-state index < -0.39 is 0 Å². The van der Waals surface area contributed by atoms with Gasteiger partial charge in [0, 0.05) is 37.7 Å². The van der Waals surface area contributed by atoms with Crippen molar-refractivity contribution in [3.63, 3.8) is 0 Å². The molecule has 0 saturated carbocycles. The van der Waals surface area contributed by atoms with E-state index in [1.165, 1.54) is 28.8 Å². The van der Waals surface area contributed by atoms with E-state index in [4.69, 9.17) is 9.97 Å². The fraction of sp³-hybridized carbons (Fsp3) is 0.300. The Morgan fingerprint density at radius 3 is 2.65 bits per heavy atom. The van der Waals surface area contributed by atoms with Gasteiger partial charge in [0.1, 0.15) is 5.82 Å². The van der Waals surface area contributed by atoms with Crippen molar-refractivity contribution in [2.24, 2.45) is 0 Å². The Labute approximate surface area is 218 Å². The zero-order valence-electron chi connectivity index (χ0n) is 20.3. The van der Waals surface area contributed by atoms with Crippen LogP contribution in [0.5, 0.6) is 0 Å². The van der Waals surface area contributed by atoms with Gasteiger partial charge in [-0.05, 0) is 54.2 Å². The minimum absolute atomic E-state index is 0. The number of hydrogen-bond acceptors (Lipinski definition) is 5. The Morgan fingerprint density at radius 1 is 0.946 bits per heavy atom. The number of nitrogens with one attached hydrogen (secondary N) is 3. The molecule has 190 valence electrons. The number of hydrogen-bond donors (Lipinski definition) is 3. The summed E-state index contributed by atoms with van der Waals surface area (Å²) in [6.45, 7) is 3.20. The number of rotatable bonds is 9. The summed E-state index contributed by atoms with van der Waals surface area (Å²) in [4.78, 5) is 23.0. The first-order chi connectivity index (χ1) is 17.8. The molecule has 0 radical (unpaired) electrons. The van der Waals surface area contributed by atoms with Gasteiger partial charge in [0.05, 0.1) is 35.6 Å². The standard InChI is InChI=1S/C29H31N7.CH4/c1-2-8-26-25(7-1)34-28(35-26)19-36(27-9-3-5-23-6-4-14-32-29(23)27)18-22-12-10-21(11-13-22)15-30-16-24-17-31-20-33-24;/h1-2,4,6-8,10-14,17,20,27,30H,3,5,9,15-16,18-19H2,(H,31,33)(H,34,35);1H4. The number of fused-ring (bicyclic) bond motifs is 2. The van der Waals surface area contributed by atoms with Gasteiger partial charge in [-0.2, -0.15) is 0 Å². The Morgan fingerprint density at radius 2 is 1.81 bits per heavy atom. The largest absolute Gasteiger partial charge is 0.347 e. The third-order valence-electron chi connectivity index (χ3n) is 7.01. The maximum absolute atomic E-state index is 4.88. The molecule has 3 N–H and O–H groups in total. The van der Waals surface area contributed by atoms with E-state index in [9.17, 15) is 0 Å². The average Bonchev–Trinajstić information content (AvgIpc) is 3.58. The van der Waals surface area contributed by atoms with Crippen LogP contribution in [0.15, 0.2) is 79.4 Å². The van der Waals surface area contributed by atoms with Crippen molar-refractivity contribution in [3.8, 4) is 0 Å². The van der Waals surface area contributed by atoms with Crippen LogP contribution in [0.25, 0.3) is 11.0 Å². The third-order valence-corrected chi connectivity index (χ3v) is 7.01. The summed E-state index contributed by atoms with van der Waals surface area (Å²) in [6, 6.07) is 21.8. The average molecular weight is 494 g/mol. The Kier molecular flexibility index (Phi) is 7.73. The number of para-hydroxylation sites is 2. The second kappa shape index (κ2) is 11.5. The van der Waals surface area contributed by atoms with Crippen LogP contribution in [0, 0.1) is 0 Å². The van der Waals surface area contributed by atoms with Crippen LogP contribution >= 0.6 is 0 Å². The number of aromatic nitrogens is 5. The van der Waals surface area contributed by atoms with E-state index in [0.717, 1.165) is 61.6 Å². The number of benzene rings is 2. The second-order valence-electron chi connectivity index (χ2n) is 9.56. The van der Waals surface area contributed by atoms with Gasteiger partial charge in [0.2, 0.25) is 0 Å². The highest BCUT2D eigenvalue weighted by molar-refractivity contribution is 5.74. The maximum atomic E-state index is 4.88. The minimum Gasteiger partial charge on any atom is -0.347 e. The molecule has 1 aliphatic carbocycles. The van der Waals surface area contributed by atoms with Crippen molar-refractivity contribution in [1.82, 2.24) is 35.1 Å². The molecule has 0 spiro atoms. The van der Waals surface area contributed by atoms with E-state index >= 15 is 0 Å². The topological polar surface area (TPSA) is 85.5 Å². The summed E-state index contributed by atoms with van der Waals surface area (Å²) in [7, 11) is 0. The lowest BCUT2D eigenvalue weighted by Crippen LogP contribution is -2.31. The number of aromatic amines is 2. The summed E-state index contributed by atoms with van der Waals surface area (Å²) in [5, 5.41) is 3.47. The zero-order valence-corrected chi connectivity index (χ0v) is 20.3. The van der Waals surface area contributed by atoms with Gasteiger partial charge in [0.25, 0.3) is 0 Å². The van der Waals surface area contributed by atoms with E-state index in [1.54, 1.807) is 6.33 Å². The number of pyridine rings is 1. The Hall–Kier alpha value is -3.81. The molecular formula is C30H35N7. The highest BCUT2D eigenvalue weighted by Crippen LogP contribution is 2.34. The summed E-state index contributed by atoms with van der Waals surface area (Å²) in [5.74, 6) is 0.999. The lowest BCUT2D eigenvalue weighted by Gasteiger charge is -2.34. The van der Waals surface area contributed by atoms with Crippen molar-refractivity contribution in [1.29, 1.82) is 0 Å². The quantitative estimate of drug-likeness (QED) is 0.246. The van der Waals surface area contributed by atoms with Crippen LogP contribution < -0.4 is 5.32 Å². The number of aryl methyl sites for hydroxylation is 1. The van der Waals surface area contributed by atoms with Crippen molar-refractivity contribution in [3.05, 3.63) is 113 Å². The molecule has 7 nitrogen and oxygen atoms in total. The minimum atomic E-state index is 0. The van der Waals surface area contributed by atoms with Gasteiger partial charge in [-0.15, -0.1) is 0 Å². The van der Waals surface area contributed by atoms with Crippen LogP contribution in [0.3, 0.4) is 0 Å². The van der Waals surface area contributed by atoms with Crippen LogP contribution in [0.2, 0.25) is 0 Å². The smallest absolute Gasteiger partial charge is 0.121 e. The molecule has 3 aromatic heterocycles. The fourth-order valence-electron chi connectivity index (χ4n) is 5.21. The van der Waals surface area contributed by atoms with Gasteiger partial charge in [-0.25, -0.2) is 9.97 Å². The van der Waals surface area contributed by atoms with E-state index in [0.29, 0.717) is 0 Å². The SMILES string of the molecule is C.c1cnc2c(c1)CCCC2N(Cc1ccc(CNCc2cnc[nH]2)cc1)Cc1nc2ccccc2[nH]1. The van der Waals surface area contributed by atoms with E-state index in [1.807, 2.05) is 18.5 Å². The van der Waals surface area contributed by atoms with E-state index in [2.05, 4.69) is 79.8 Å². The molecule has 3 heterocycles. The number of imidazole rings is 2. The first-order valence-electron chi connectivity index (χ1n) is 12.7. The fourth-order valence-corrected chi connectivity index (χ4v) is 5.21. The molecule has 5 aromatic rings. The molecule has 0 aliphatic heterocycles. The van der Waals surface area contributed by atoms with Crippen LogP contribution in [-0.2, 0) is 32.6 Å². The summed E-state index contributed by atoms with van der Waals surface area (Å²) in [6.07, 6.45) is 8.90. The number of H-pyrrole nitrogens is 2. The van der Waals surface area contributed by atoms with Crippen molar-refractivity contribution >= 4 is 11.0 Å². The molecule has 0 bridgehead atoms. The third kappa shape index (κ3) is 5.79. The highest BCUT2D eigenvalue weighted by Gasteiger charge is 2.28. The van der Waals surface area contributed by atoms with Crippen LogP contribution in [0.4, 0.5) is 0 Å². The van der Waals surface area contributed by atoms with Gasteiger partial charge >= 0.3 is 0 Å². The van der Waals surface area contributed by atoms with Gasteiger partial charge < -0.3 is 15.3 Å². The molecule has 1 aliphatic rings.